The molecule has 6 rings (SSSR count). The number of nitrogens with zero attached hydrogens (tertiary/aromatic N) is 1. The summed E-state index contributed by atoms with van der Waals surface area (Å²) >= 11 is 0. The number of H-pyrrole nitrogens is 2. The first kappa shape index (κ1) is 14.3. The number of fused-ring (bicyclic) bond motifs is 10. The number of aromatic amines is 2. The first-order valence-corrected chi connectivity index (χ1v) is 8.76. The number of rotatable bonds is 0. The maximum atomic E-state index is 12.7. The van der Waals surface area contributed by atoms with E-state index in [9.17, 15) is 14.9 Å². The van der Waals surface area contributed by atoms with E-state index in [0.717, 1.165) is 46.0 Å². The van der Waals surface area contributed by atoms with Crippen LogP contribution in [0.3, 0.4) is 0 Å². The Balaban J connectivity index is 1.98. The van der Waals surface area contributed by atoms with E-state index in [1.807, 2.05) is 12.1 Å². The molecule has 3 N–H and O–H groups in total. The molecule has 4 aromatic rings. The molecule has 27 heavy (non-hydrogen) atoms. The van der Waals surface area contributed by atoms with Gasteiger partial charge in [-0.15, -0.1) is 0 Å². The lowest BCUT2D eigenvalue weighted by molar-refractivity contribution is 0.0880. The largest absolute Gasteiger partial charge is 0.353 e. The smallest absolute Gasteiger partial charge is 0.259 e. The molecule has 0 unspecified atom stereocenters. The summed E-state index contributed by atoms with van der Waals surface area (Å²) in [7, 11) is 0. The Morgan fingerprint density at radius 3 is 2.56 bits per heavy atom. The van der Waals surface area contributed by atoms with Gasteiger partial charge in [-0.1, -0.05) is 12.1 Å². The first-order valence-electron chi connectivity index (χ1n) is 8.76. The predicted octanol–water partition coefficient (Wildman–Crippen LogP) is 3.52. The minimum atomic E-state index is -0.406. The maximum absolute atomic E-state index is 12.7. The molecule has 0 saturated heterocycles. The highest BCUT2D eigenvalue weighted by Crippen LogP contribution is 2.42. The first-order chi connectivity index (χ1) is 13.2. The zero-order valence-electron chi connectivity index (χ0n) is 14.1. The molecule has 0 bridgehead atoms. The fourth-order valence-corrected chi connectivity index (χ4v) is 4.56. The average Bonchev–Trinajstić information content (AvgIpc) is 3.32. The van der Waals surface area contributed by atoms with Gasteiger partial charge in [-0.25, -0.2) is 0 Å². The molecule has 1 aliphatic carbocycles. The maximum Gasteiger partial charge on any atom is 0.259 e. The summed E-state index contributed by atoms with van der Waals surface area (Å²) in [6.45, 7) is 0. The highest BCUT2D eigenvalue weighted by molar-refractivity contribution is 6.37. The molecule has 6 nitrogen and oxygen atoms in total. The highest BCUT2D eigenvalue weighted by Gasteiger charge is 2.36. The Morgan fingerprint density at radius 1 is 0.963 bits per heavy atom. The lowest BCUT2D eigenvalue weighted by atomic mass is 9.92. The summed E-state index contributed by atoms with van der Waals surface area (Å²) in [6.07, 6.45) is 5.83. The molecule has 6 heteroatoms. The van der Waals surface area contributed by atoms with Crippen molar-refractivity contribution in [2.24, 2.45) is 0 Å². The van der Waals surface area contributed by atoms with Crippen LogP contribution in [0.25, 0.3) is 38.8 Å². The van der Waals surface area contributed by atoms with E-state index in [0.29, 0.717) is 27.5 Å². The molecule has 0 fully saturated rings. The topological polar surface area (TPSA) is 102 Å². The number of aryl methyl sites for hydroxylation is 1. The standard InChI is InChI=1S/C21H12N4O2/c22-8-9-4-3-7-12-13(9)15-17-16(20(26)25-21(17)27)14-10-5-1-2-6-11(10)23-18(14)19(15)24-12/h2-4,6-7,23-24H,1,5H2,(H,25,26,27). The van der Waals surface area contributed by atoms with Gasteiger partial charge in [0.2, 0.25) is 0 Å². The third kappa shape index (κ3) is 1.59. The van der Waals surface area contributed by atoms with Crippen LogP contribution in [0.1, 0.15) is 44.0 Å². The van der Waals surface area contributed by atoms with Crippen molar-refractivity contribution in [2.75, 3.05) is 0 Å². The number of aromatic nitrogens is 2. The van der Waals surface area contributed by atoms with E-state index in [2.05, 4.69) is 27.4 Å². The fraction of sp³-hybridized carbons (Fsp3) is 0.0952. The summed E-state index contributed by atoms with van der Waals surface area (Å²) in [6, 6.07) is 7.62. The van der Waals surface area contributed by atoms with Crippen molar-refractivity contribution in [2.45, 2.75) is 12.8 Å². The number of allylic oxidation sites excluding steroid dienone is 1. The molecule has 0 saturated carbocycles. The minimum Gasteiger partial charge on any atom is -0.353 e. The van der Waals surface area contributed by atoms with Crippen LogP contribution in [0.2, 0.25) is 0 Å². The Labute approximate surface area is 152 Å². The Kier molecular flexibility index (Phi) is 2.47. The lowest BCUT2D eigenvalue weighted by Crippen LogP contribution is -2.20. The van der Waals surface area contributed by atoms with Crippen LogP contribution >= 0.6 is 0 Å². The third-order valence-corrected chi connectivity index (χ3v) is 5.61. The van der Waals surface area contributed by atoms with Gasteiger partial charge >= 0.3 is 0 Å². The number of carbonyl (C=O) groups excluding carboxylic acids is 2. The summed E-state index contributed by atoms with van der Waals surface area (Å²) in [5.41, 5.74) is 5.64. The second-order valence-corrected chi connectivity index (χ2v) is 6.96. The molecule has 2 aromatic carbocycles. The third-order valence-electron chi connectivity index (χ3n) is 5.61. The van der Waals surface area contributed by atoms with Gasteiger partial charge < -0.3 is 9.97 Å². The van der Waals surface area contributed by atoms with E-state index in [1.54, 1.807) is 12.1 Å². The van der Waals surface area contributed by atoms with Gasteiger partial charge in [0, 0.05) is 27.4 Å². The molecule has 2 aliphatic rings. The average molecular weight is 352 g/mol. The van der Waals surface area contributed by atoms with Crippen LogP contribution in [0.4, 0.5) is 0 Å². The summed E-state index contributed by atoms with van der Waals surface area (Å²) in [5.74, 6) is -0.779. The number of nitrogens with one attached hydrogen (secondary N) is 3. The summed E-state index contributed by atoms with van der Waals surface area (Å²) in [5, 5.41) is 14.2. The molecular formula is C21H12N4O2. The van der Waals surface area contributed by atoms with Crippen molar-refractivity contribution in [3.05, 3.63) is 52.2 Å². The normalized spacial score (nSPS) is 15.4. The summed E-state index contributed by atoms with van der Waals surface area (Å²) in [4.78, 5) is 32.2. The van der Waals surface area contributed by atoms with Gasteiger partial charge in [-0.05, 0) is 36.6 Å². The quantitative estimate of drug-likeness (QED) is 0.422. The van der Waals surface area contributed by atoms with Gasteiger partial charge in [-0.3, -0.25) is 14.9 Å². The molecule has 0 spiro atoms. The van der Waals surface area contributed by atoms with Gasteiger partial charge in [0.15, 0.2) is 0 Å². The van der Waals surface area contributed by atoms with Crippen molar-refractivity contribution in [1.29, 1.82) is 5.26 Å². The van der Waals surface area contributed by atoms with Crippen LogP contribution in [0.5, 0.6) is 0 Å². The van der Waals surface area contributed by atoms with Gasteiger partial charge in [0.05, 0.1) is 33.8 Å². The van der Waals surface area contributed by atoms with Gasteiger partial charge in [-0.2, -0.15) is 5.26 Å². The SMILES string of the molecule is N#Cc1cccc2[nH]c3c4[nH]c5c(c4c4c(c3c12)C(=O)NC4=O)CCC=C5. The van der Waals surface area contributed by atoms with Gasteiger partial charge in [0.1, 0.15) is 0 Å². The number of hydrogen-bond acceptors (Lipinski definition) is 3. The number of imide groups is 1. The molecule has 0 radical (unpaired) electrons. The summed E-state index contributed by atoms with van der Waals surface area (Å²) < 4.78 is 0. The van der Waals surface area contributed by atoms with E-state index >= 15 is 0 Å². The Morgan fingerprint density at radius 2 is 1.74 bits per heavy atom. The monoisotopic (exact) mass is 352 g/mol. The number of hydrogen-bond donors (Lipinski definition) is 3. The van der Waals surface area contributed by atoms with Crippen molar-refractivity contribution < 1.29 is 9.59 Å². The van der Waals surface area contributed by atoms with Crippen LogP contribution in [0.15, 0.2) is 24.3 Å². The lowest BCUT2D eigenvalue weighted by Gasteiger charge is -2.07. The number of carbonyl (C=O) groups is 2. The van der Waals surface area contributed by atoms with E-state index in [-0.39, 0.29) is 5.91 Å². The van der Waals surface area contributed by atoms with Crippen LogP contribution in [-0.4, -0.2) is 21.8 Å². The fourth-order valence-electron chi connectivity index (χ4n) is 4.56. The number of nitriles is 1. The van der Waals surface area contributed by atoms with Crippen LogP contribution in [0, 0.1) is 11.3 Å². The van der Waals surface area contributed by atoms with Crippen molar-refractivity contribution in [1.82, 2.24) is 15.3 Å². The molecule has 3 heterocycles. The van der Waals surface area contributed by atoms with Crippen molar-refractivity contribution in [3.63, 3.8) is 0 Å². The predicted molar refractivity (Wildman–Crippen MR) is 102 cm³/mol. The second kappa shape index (κ2) is 4.65. The second-order valence-electron chi connectivity index (χ2n) is 6.96. The highest BCUT2D eigenvalue weighted by atomic mass is 16.2. The van der Waals surface area contributed by atoms with Crippen molar-refractivity contribution in [3.8, 4) is 6.07 Å². The Hall–Kier alpha value is -3.85. The molecule has 2 aromatic heterocycles. The molecule has 128 valence electrons. The number of benzene rings is 2. The van der Waals surface area contributed by atoms with Crippen LogP contribution < -0.4 is 5.32 Å². The zero-order chi connectivity index (χ0) is 18.3. The molecule has 0 atom stereocenters. The van der Waals surface area contributed by atoms with Crippen LogP contribution in [-0.2, 0) is 6.42 Å². The zero-order valence-corrected chi connectivity index (χ0v) is 14.1. The van der Waals surface area contributed by atoms with Crippen molar-refractivity contribution >= 4 is 50.6 Å². The minimum absolute atomic E-state index is 0.368. The van der Waals surface area contributed by atoms with Gasteiger partial charge in [0.25, 0.3) is 11.8 Å². The van der Waals surface area contributed by atoms with E-state index in [1.165, 1.54) is 0 Å². The molecule has 2 amide bonds. The van der Waals surface area contributed by atoms with E-state index < -0.39 is 5.91 Å². The number of amides is 2. The molecular weight excluding hydrogens is 340 g/mol. The van der Waals surface area contributed by atoms with E-state index in [4.69, 9.17) is 0 Å². The Bertz CT molecular complexity index is 1440. The molecule has 1 aliphatic heterocycles.